The van der Waals surface area contributed by atoms with E-state index in [9.17, 15) is 39.9 Å². The predicted octanol–water partition coefficient (Wildman–Crippen LogP) is 1.21. The van der Waals surface area contributed by atoms with Crippen LogP contribution < -0.4 is 0 Å². The summed E-state index contributed by atoms with van der Waals surface area (Å²) in [6.45, 7) is 10.6. The fourth-order valence-electron chi connectivity index (χ4n) is 7.58. The van der Waals surface area contributed by atoms with Crippen LogP contribution in [-0.2, 0) is 28.6 Å². The van der Waals surface area contributed by atoms with E-state index < -0.39 is 88.9 Å². The van der Waals surface area contributed by atoms with Crippen molar-refractivity contribution in [3.63, 3.8) is 0 Å². The van der Waals surface area contributed by atoms with Crippen molar-refractivity contribution in [3.8, 4) is 0 Å². The number of epoxide rings is 1. The molecular formula is C32H44O11. The number of unbranched alkanes of at least 4 members (excludes halogenated alkanes) is 3. The zero-order valence-corrected chi connectivity index (χ0v) is 25.4. The average molecular weight is 605 g/mol. The number of aliphatic hydroxyl groups is 5. The highest BCUT2D eigenvalue weighted by Crippen LogP contribution is 2.66. The van der Waals surface area contributed by atoms with Gasteiger partial charge in [-0.05, 0) is 37.8 Å². The number of carbonyl (C=O) groups is 3. The van der Waals surface area contributed by atoms with Gasteiger partial charge in [0.05, 0.1) is 18.1 Å². The Morgan fingerprint density at radius 1 is 1.12 bits per heavy atom. The van der Waals surface area contributed by atoms with Gasteiger partial charge in [0.15, 0.2) is 17.0 Å². The first-order valence-electron chi connectivity index (χ1n) is 14.8. The van der Waals surface area contributed by atoms with Crippen molar-refractivity contribution >= 4 is 17.7 Å². The van der Waals surface area contributed by atoms with E-state index in [1.807, 2.05) is 6.08 Å². The molecule has 0 aromatic rings. The van der Waals surface area contributed by atoms with Crippen LogP contribution in [0, 0.1) is 17.8 Å². The van der Waals surface area contributed by atoms with Crippen LogP contribution >= 0.6 is 0 Å². The molecule has 11 heteroatoms. The van der Waals surface area contributed by atoms with Crippen molar-refractivity contribution < 1.29 is 54.1 Å². The molecule has 3 aliphatic carbocycles. The third-order valence-electron chi connectivity index (χ3n) is 9.92. The molecule has 43 heavy (non-hydrogen) atoms. The third-order valence-corrected chi connectivity index (χ3v) is 9.92. The van der Waals surface area contributed by atoms with Crippen LogP contribution in [0.1, 0.15) is 60.3 Å². The largest absolute Gasteiger partial charge is 0.459 e. The molecule has 2 saturated carbocycles. The highest BCUT2D eigenvalue weighted by Gasteiger charge is 2.85. The van der Waals surface area contributed by atoms with Crippen molar-refractivity contribution in [2.45, 2.75) is 107 Å². The predicted molar refractivity (Wildman–Crippen MR) is 153 cm³/mol. The van der Waals surface area contributed by atoms with Crippen LogP contribution in [0.5, 0.6) is 0 Å². The Kier molecular flexibility index (Phi) is 9.03. The molecule has 0 amide bonds. The highest BCUT2D eigenvalue weighted by molar-refractivity contribution is 6.05. The number of ether oxygens (including phenoxy) is 3. The molecule has 0 unspecified atom stereocenters. The van der Waals surface area contributed by atoms with E-state index in [4.69, 9.17) is 14.2 Å². The van der Waals surface area contributed by atoms with Gasteiger partial charge in [-0.2, -0.15) is 0 Å². The van der Waals surface area contributed by atoms with Gasteiger partial charge in [-0.25, -0.2) is 4.79 Å². The molecule has 3 fully saturated rings. The SMILES string of the molecule is C=C(C)[C@@]1(O)[C@@H](OC(=O)/C=C/C=C/CCCCC)[C@H]2[C@H]3O[C@@]3(CO)[C@H](O)[C@@]3(O)C(=O)C(C)=C[C@@H]3[C@@]2(O)[C@@H](C)[C@@H]1OC(C)=O. The lowest BCUT2D eigenvalue weighted by Crippen LogP contribution is -2.76. The van der Waals surface area contributed by atoms with Gasteiger partial charge in [0.1, 0.15) is 30.0 Å². The first-order chi connectivity index (χ1) is 20.1. The minimum absolute atomic E-state index is 0.0368. The van der Waals surface area contributed by atoms with E-state index in [1.54, 1.807) is 6.08 Å². The van der Waals surface area contributed by atoms with Crippen LogP contribution in [0.3, 0.4) is 0 Å². The van der Waals surface area contributed by atoms with Gasteiger partial charge in [-0.3, -0.25) is 9.59 Å². The molecule has 1 saturated heterocycles. The van der Waals surface area contributed by atoms with Crippen LogP contribution in [-0.4, -0.2) is 96.7 Å². The normalized spacial score (nSPS) is 43.4. The van der Waals surface area contributed by atoms with Gasteiger partial charge in [0.2, 0.25) is 0 Å². The van der Waals surface area contributed by atoms with Crippen molar-refractivity contribution in [1.29, 1.82) is 0 Å². The number of fused-ring (bicyclic) bond motifs is 5. The van der Waals surface area contributed by atoms with E-state index in [0.717, 1.165) is 38.7 Å². The summed E-state index contributed by atoms with van der Waals surface area (Å²) in [7, 11) is 0. The summed E-state index contributed by atoms with van der Waals surface area (Å²) in [5.41, 5.74) is -9.06. The fourth-order valence-corrected chi connectivity index (χ4v) is 7.58. The molecule has 0 aromatic heterocycles. The van der Waals surface area contributed by atoms with E-state index in [1.165, 1.54) is 32.9 Å². The maximum Gasteiger partial charge on any atom is 0.331 e. The van der Waals surface area contributed by atoms with Gasteiger partial charge in [-0.15, -0.1) is 0 Å². The minimum atomic E-state index is -2.64. The summed E-state index contributed by atoms with van der Waals surface area (Å²) < 4.78 is 17.3. The molecule has 238 valence electrons. The molecule has 4 aliphatic rings. The Morgan fingerprint density at radius 2 is 1.79 bits per heavy atom. The lowest BCUT2D eigenvalue weighted by molar-refractivity contribution is -0.287. The Morgan fingerprint density at radius 3 is 2.37 bits per heavy atom. The quantitative estimate of drug-likeness (QED) is 0.0603. The topological polar surface area (TPSA) is 183 Å². The number of hydrogen-bond donors (Lipinski definition) is 5. The Labute approximate surface area is 251 Å². The molecule has 0 bridgehead atoms. The minimum Gasteiger partial charge on any atom is -0.459 e. The molecule has 1 aliphatic heterocycles. The van der Waals surface area contributed by atoms with Gasteiger partial charge in [-0.1, -0.05) is 57.6 Å². The molecule has 0 spiro atoms. The number of allylic oxidation sites excluding steroid dienone is 3. The Balaban J connectivity index is 1.87. The maximum absolute atomic E-state index is 13.4. The van der Waals surface area contributed by atoms with E-state index in [-0.39, 0.29) is 11.1 Å². The number of Topliss-reactive ketones (excluding diaryl/α,β-unsaturated/α-hetero) is 1. The lowest BCUT2D eigenvalue weighted by Gasteiger charge is -2.59. The second-order valence-electron chi connectivity index (χ2n) is 12.5. The molecule has 1 heterocycles. The number of esters is 2. The molecule has 5 N–H and O–H groups in total. The maximum atomic E-state index is 13.4. The summed E-state index contributed by atoms with van der Waals surface area (Å²) >= 11 is 0. The zero-order chi connectivity index (χ0) is 32.1. The molecule has 4 rings (SSSR count). The van der Waals surface area contributed by atoms with Gasteiger partial charge in [0.25, 0.3) is 0 Å². The van der Waals surface area contributed by atoms with Crippen LogP contribution in [0.25, 0.3) is 0 Å². The number of hydrogen-bond acceptors (Lipinski definition) is 11. The van der Waals surface area contributed by atoms with E-state index in [0.29, 0.717) is 0 Å². The summed E-state index contributed by atoms with van der Waals surface area (Å²) in [6, 6.07) is 0. The van der Waals surface area contributed by atoms with Crippen molar-refractivity contribution in [3.05, 3.63) is 48.1 Å². The molecule has 0 aromatic carbocycles. The third kappa shape index (κ3) is 4.85. The second kappa shape index (κ2) is 11.7. The second-order valence-corrected chi connectivity index (χ2v) is 12.5. The Hall–Kier alpha value is -2.67. The fraction of sp³-hybridized carbons (Fsp3) is 0.656. The monoisotopic (exact) mass is 604 g/mol. The van der Waals surface area contributed by atoms with Crippen molar-refractivity contribution in [2.75, 3.05) is 6.61 Å². The van der Waals surface area contributed by atoms with E-state index in [2.05, 4.69) is 13.5 Å². The van der Waals surface area contributed by atoms with Crippen LogP contribution in [0.2, 0.25) is 0 Å². The molecule has 11 atom stereocenters. The first kappa shape index (κ1) is 33.2. The average Bonchev–Trinajstić information content (AvgIpc) is 3.64. The summed E-state index contributed by atoms with van der Waals surface area (Å²) in [4.78, 5) is 38.9. The number of aliphatic hydroxyl groups excluding tert-OH is 2. The molecule has 11 nitrogen and oxygen atoms in total. The lowest BCUT2D eigenvalue weighted by atomic mass is 9.53. The van der Waals surface area contributed by atoms with Gasteiger partial charge in [0, 0.05) is 24.8 Å². The van der Waals surface area contributed by atoms with Crippen molar-refractivity contribution in [1.82, 2.24) is 0 Å². The highest BCUT2D eigenvalue weighted by atomic mass is 16.6. The first-order valence-corrected chi connectivity index (χ1v) is 14.8. The van der Waals surface area contributed by atoms with Crippen LogP contribution in [0.4, 0.5) is 0 Å². The summed E-state index contributed by atoms with van der Waals surface area (Å²) in [5.74, 6) is -6.79. The van der Waals surface area contributed by atoms with Crippen molar-refractivity contribution in [2.24, 2.45) is 17.8 Å². The zero-order valence-electron chi connectivity index (χ0n) is 25.4. The number of carbonyl (C=O) groups excluding carboxylic acids is 3. The standard InChI is InChI=1S/C32H44O11/c1-7-8-9-10-11-12-13-14-22(35)42-27-23-26-29(16-33,43-26)28(37)32(40)21(15-18(4)24(32)36)31(23,39)19(5)25(41-20(6)34)30(27,38)17(2)3/h11-15,19,21,23,25-28,33,37-40H,2,7-10,16H2,1,3-6H3/b12-11+,14-13+/t19-,21+,23+,25-,26+,27-,28-,29+,30-,31-,32-/m0/s1. The summed E-state index contributed by atoms with van der Waals surface area (Å²) in [5, 5.41) is 58.8. The van der Waals surface area contributed by atoms with E-state index >= 15 is 0 Å². The van der Waals surface area contributed by atoms with Gasteiger partial charge < -0.3 is 39.7 Å². The molecule has 0 radical (unpaired) electrons. The van der Waals surface area contributed by atoms with Crippen LogP contribution in [0.15, 0.2) is 48.1 Å². The van der Waals surface area contributed by atoms with Gasteiger partial charge >= 0.3 is 11.9 Å². The summed E-state index contributed by atoms with van der Waals surface area (Å²) in [6.07, 6.45) is 4.89. The Bertz CT molecular complexity index is 1250. The smallest absolute Gasteiger partial charge is 0.331 e. The number of rotatable bonds is 10. The molecular weight excluding hydrogens is 560 g/mol. The number of ketones is 1.